The Morgan fingerprint density at radius 3 is 2.07 bits per heavy atom. The van der Waals surface area contributed by atoms with E-state index >= 15 is 0 Å². The van der Waals surface area contributed by atoms with E-state index in [-0.39, 0.29) is 6.10 Å². The molecule has 3 N–H and O–H groups in total. The molecule has 0 aliphatic carbocycles. The zero-order chi connectivity index (χ0) is 12.1. The van der Waals surface area contributed by atoms with Crippen molar-refractivity contribution in [2.24, 2.45) is 0 Å². The fraction of sp³-hybridized carbons (Fsp3) is 0.857. The van der Waals surface area contributed by atoms with E-state index in [9.17, 15) is 13.2 Å². The van der Waals surface area contributed by atoms with E-state index in [1.807, 2.05) is 6.26 Å². The molecule has 15 heavy (non-hydrogen) atoms. The van der Waals surface area contributed by atoms with Crippen LogP contribution in [0.1, 0.15) is 0 Å². The third kappa shape index (κ3) is 5.85. The van der Waals surface area contributed by atoms with Crippen molar-refractivity contribution < 1.29 is 28.2 Å². The molecule has 0 aromatic heterocycles. The average Bonchev–Trinajstić information content (AvgIpc) is 2.50. The summed E-state index contributed by atoms with van der Waals surface area (Å²) in [6, 6.07) is 0. The molecule has 1 aliphatic rings. The Balaban J connectivity index is 0.000000265. The van der Waals surface area contributed by atoms with Gasteiger partial charge in [0.2, 0.25) is 0 Å². The van der Waals surface area contributed by atoms with Gasteiger partial charge in [-0.1, -0.05) is 0 Å². The summed E-state index contributed by atoms with van der Waals surface area (Å²) in [5.41, 5.74) is 0. The lowest BCUT2D eigenvalue weighted by molar-refractivity contribution is -0.192. The predicted octanol–water partition coefficient (Wildman–Crippen LogP) is 0.315. The van der Waals surface area contributed by atoms with Crippen LogP contribution in [-0.2, 0) is 4.79 Å². The van der Waals surface area contributed by atoms with Gasteiger partial charge in [-0.3, -0.25) is 0 Å². The van der Waals surface area contributed by atoms with Crippen LogP contribution >= 0.6 is 11.8 Å². The molecular formula is C7H12F3NO3S. The summed E-state index contributed by atoms with van der Waals surface area (Å²) in [5.74, 6) is -2.76. The standard InChI is InChI=1S/C5H11NOS.C2HF3O2/c1-8-5-3-6-2-4(5)7;3-2(4,5)1(6)7/h4-7H,2-3H2,1H3;(H,6,7). The Bertz CT molecular complexity index is 212. The van der Waals surface area contributed by atoms with E-state index < -0.39 is 12.1 Å². The van der Waals surface area contributed by atoms with Crippen molar-refractivity contribution in [1.29, 1.82) is 0 Å². The molecule has 1 fully saturated rings. The predicted molar refractivity (Wildman–Crippen MR) is 49.9 cm³/mol. The number of rotatable bonds is 1. The highest BCUT2D eigenvalue weighted by Crippen LogP contribution is 2.13. The molecule has 0 bridgehead atoms. The summed E-state index contributed by atoms with van der Waals surface area (Å²) >= 11 is 1.73. The Morgan fingerprint density at radius 1 is 1.47 bits per heavy atom. The molecule has 4 nitrogen and oxygen atoms in total. The highest BCUT2D eigenvalue weighted by Gasteiger charge is 2.38. The first-order valence-corrected chi connectivity index (χ1v) is 5.29. The van der Waals surface area contributed by atoms with E-state index in [2.05, 4.69) is 5.32 Å². The number of nitrogens with one attached hydrogen (secondary N) is 1. The highest BCUT2D eigenvalue weighted by molar-refractivity contribution is 7.99. The van der Waals surface area contributed by atoms with Gasteiger partial charge in [0, 0.05) is 18.3 Å². The molecule has 1 aliphatic heterocycles. The van der Waals surface area contributed by atoms with Crippen LogP contribution in [0.3, 0.4) is 0 Å². The molecule has 2 atom stereocenters. The number of alkyl halides is 3. The van der Waals surface area contributed by atoms with E-state index in [0.717, 1.165) is 13.1 Å². The monoisotopic (exact) mass is 247 g/mol. The van der Waals surface area contributed by atoms with E-state index in [0.29, 0.717) is 5.25 Å². The van der Waals surface area contributed by atoms with Crippen LogP contribution in [0, 0.1) is 0 Å². The van der Waals surface area contributed by atoms with Crippen molar-refractivity contribution in [3.63, 3.8) is 0 Å². The van der Waals surface area contributed by atoms with Crippen LogP contribution in [-0.4, -0.2) is 53.1 Å². The number of hydrogen-bond acceptors (Lipinski definition) is 4. The number of aliphatic carboxylic acids is 1. The number of thioether (sulfide) groups is 1. The molecule has 1 heterocycles. The number of β-amino-alcohol motifs (C(OH)–C–C–N with tert-alkyl or cyclic N) is 1. The molecular weight excluding hydrogens is 235 g/mol. The quantitative estimate of drug-likeness (QED) is 0.622. The van der Waals surface area contributed by atoms with E-state index in [1.165, 1.54) is 0 Å². The van der Waals surface area contributed by atoms with Crippen molar-refractivity contribution >= 4 is 17.7 Å². The molecule has 0 amide bonds. The topological polar surface area (TPSA) is 69.6 Å². The molecule has 2 unspecified atom stereocenters. The first-order valence-electron chi connectivity index (χ1n) is 4.00. The number of halogens is 3. The number of aliphatic hydroxyl groups is 1. The second-order valence-electron chi connectivity index (χ2n) is 2.80. The molecule has 1 saturated heterocycles. The molecule has 0 spiro atoms. The molecule has 0 aromatic rings. The largest absolute Gasteiger partial charge is 0.490 e. The fourth-order valence-corrected chi connectivity index (χ4v) is 1.58. The van der Waals surface area contributed by atoms with Crippen LogP contribution in [0.4, 0.5) is 13.2 Å². The van der Waals surface area contributed by atoms with Gasteiger partial charge in [-0.2, -0.15) is 24.9 Å². The van der Waals surface area contributed by atoms with Gasteiger partial charge in [-0.05, 0) is 6.26 Å². The molecule has 90 valence electrons. The number of aliphatic hydroxyl groups excluding tert-OH is 1. The van der Waals surface area contributed by atoms with Crippen molar-refractivity contribution in [1.82, 2.24) is 5.32 Å². The van der Waals surface area contributed by atoms with Crippen LogP contribution in [0.2, 0.25) is 0 Å². The van der Waals surface area contributed by atoms with Crippen LogP contribution in [0.25, 0.3) is 0 Å². The number of carboxylic acid groups (broad SMARTS) is 1. The SMILES string of the molecule is CSC1CNCC1O.O=C(O)C(F)(F)F. The second kappa shape index (κ2) is 6.19. The maximum Gasteiger partial charge on any atom is 0.490 e. The van der Waals surface area contributed by atoms with Gasteiger partial charge < -0.3 is 15.5 Å². The molecule has 0 saturated carbocycles. The van der Waals surface area contributed by atoms with Gasteiger partial charge >= 0.3 is 12.1 Å². The van der Waals surface area contributed by atoms with Crippen molar-refractivity contribution in [3.8, 4) is 0 Å². The Labute approximate surface area is 88.8 Å². The lowest BCUT2D eigenvalue weighted by atomic mass is 10.3. The average molecular weight is 247 g/mol. The number of carboxylic acids is 1. The minimum absolute atomic E-state index is 0.120. The van der Waals surface area contributed by atoms with Crippen LogP contribution in [0.5, 0.6) is 0 Å². The highest BCUT2D eigenvalue weighted by atomic mass is 32.2. The van der Waals surface area contributed by atoms with Crippen molar-refractivity contribution in [2.75, 3.05) is 19.3 Å². The maximum atomic E-state index is 10.6. The van der Waals surface area contributed by atoms with Gasteiger partial charge in [-0.25, -0.2) is 4.79 Å². The molecule has 0 aromatic carbocycles. The van der Waals surface area contributed by atoms with Gasteiger partial charge in [0.15, 0.2) is 0 Å². The minimum atomic E-state index is -5.08. The second-order valence-corrected chi connectivity index (χ2v) is 3.88. The zero-order valence-electron chi connectivity index (χ0n) is 7.91. The summed E-state index contributed by atoms with van der Waals surface area (Å²) < 4.78 is 31.7. The third-order valence-electron chi connectivity index (χ3n) is 1.67. The summed E-state index contributed by atoms with van der Waals surface area (Å²) in [6.45, 7) is 1.73. The summed E-state index contributed by atoms with van der Waals surface area (Å²) in [7, 11) is 0. The molecule has 8 heteroatoms. The lowest BCUT2D eigenvalue weighted by Crippen LogP contribution is -2.21. The smallest absolute Gasteiger partial charge is 0.475 e. The van der Waals surface area contributed by atoms with E-state index in [4.69, 9.17) is 15.0 Å². The van der Waals surface area contributed by atoms with Gasteiger partial charge in [0.1, 0.15) is 0 Å². The summed E-state index contributed by atoms with van der Waals surface area (Å²) in [5, 5.41) is 19.8. The Hall–Kier alpha value is -0.470. The van der Waals surface area contributed by atoms with Crippen molar-refractivity contribution in [3.05, 3.63) is 0 Å². The maximum absolute atomic E-state index is 10.6. The zero-order valence-corrected chi connectivity index (χ0v) is 8.73. The first kappa shape index (κ1) is 14.5. The normalized spacial score (nSPS) is 25.7. The third-order valence-corrected chi connectivity index (χ3v) is 2.76. The Morgan fingerprint density at radius 2 is 1.93 bits per heavy atom. The van der Waals surface area contributed by atoms with E-state index in [1.54, 1.807) is 11.8 Å². The molecule has 1 rings (SSSR count). The summed E-state index contributed by atoms with van der Waals surface area (Å²) in [6.07, 6.45) is -3.18. The molecule has 0 radical (unpaired) electrons. The van der Waals surface area contributed by atoms with Crippen LogP contribution < -0.4 is 5.32 Å². The minimum Gasteiger partial charge on any atom is -0.475 e. The van der Waals surface area contributed by atoms with Crippen LogP contribution in [0.15, 0.2) is 0 Å². The fourth-order valence-electron chi connectivity index (χ4n) is 0.881. The number of carbonyl (C=O) groups is 1. The lowest BCUT2D eigenvalue weighted by Gasteiger charge is -2.07. The number of hydrogen-bond donors (Lipinski definition) is 3. The van der Waals surface area contributed by atoms with Gasteiger partial charge in [-0.15, -0.1) is 0 Å². The summed E-state index contributed by atoms with van der Waals surface area (Å²) in [4.78, 5) is 8.90. The van der Waals surface area contributed by atoms with Gasteiger partial charge in [0.25, 0.3) is 0 Å². The first-order chi connectivity index (χ1) is 6.79. The Kier molecular flexibility index (Phi) is 5.99. The van der Waals surface area contributed by atoms with Gasteiger partial charge in [0.05, 0.1) is 6.10 Å². The van der Waals surface area contributed by atoms with Crippen molar-refractivity contribution in [2.45, 2.75) is 17.5 Å².